The first-order valence-electron chi connectivity index (χ1n) is 9.91. The SMILES string of the molecule is COc1ccc(C2(C(=O)N3CCN(c4cccc(C)c4)CC3)CC2)cc1OC. The highest BCUT2D eigenvalue weighted by Crippen LogP contribution is 2.51. The number of carbonyl (C=O) groups is 1. The molecule has 2 fully saturated rings. The van der Waals surface area contributed by atoms with Crippen LogP contribution in [-0.4, -0.2) is 51.2 Å². The first kappa shape index (κ1) is 18.7. The summed E-state index contributed by atoms with van der Waals surface area (Å²) in [6.45, 7) is 5.39. The van der Waals surface area contributed by atoms with Crippen molar-refractivity contribution >= 4 is 11.6 Å². The molecule has 0 spiro atoms. The number of hydrogen-bond donors (Lipinski definition) is 0. The summed E-state index contributed by atoms with van der Waals surface area (Å²) in [6.07, 6.45) is 1.80. The number of hydrogen-bond acceptors (Lipinski definition) is 4. The Morgan fingerprint density at radius 3 is 2.25 bits per heavy atom. The highest BCUT2D eigenvalue weighted by Gasteiger charge is 2.53. The molecule has 2 aromatic rings. The molecule has 0 bridgehead atoms. The molecule has 0 aromatic heterocycles. The van der Waals surface area contributed by atoms with Crippen molar-refractivity contribution in [2.45, 2.75) is 25.2 Å². The molecule has 0 unspecified atom stereocenters. The maximum atomic E-state index is 13.4. The van der Waals surface area contributed by atoms with Gasteiger partial charge in [0.25, 0.3) is 0 Å². The van der Waals surface area contributed by atoms with Crippen LogP contribution in [0.2, 0.25) is 0 Å². The molecule has 1 saturated carbocycles. The zero-order valence-electron chi connectivity index (χ0n) is 16.9. The molecule has 28 heavy (non-hydrogen) atoms. The van der Waals surface area contributed by atoms with Crippen molar-refractivity contribution < 1.29 is 14.3 Å². The lowest BCUT2D eigenvalue weighted by atomic mass is 9.93. The van der Waals surface area contributed by atoms with Gasteiger partial charge in [0.2, 0.25) is 5.91 Å². The number of ether oxygens (including phenoxy) is 2. The van der Waals surface area contributed by atoms with Crippen molar-refractivity contribution in [3.63, 3.8) is 0 Å². The predicted molar refractivity (Wildman–Crippen MR) is 110 cm³/mol. The minimum atomic E-state index is -0.384. The molecular weight excluding hydrogens is 352 g/mol. The smallest absolute Gasteiger partial charge is 0.233 e. The molecule has 2 aromatic carbocycles. The van der Waals surface area contributed by atoms with E-state index in [1.165, 1.54) is 11.3 Å². The fourth-order valence-electron chi connectivity index (χ4n) is 4.18. The molecule has 4 rings (SSSR count). The fourth-order valence-corrected chi connectivity index (χ4v) is 4.18. The normalized spacial score (nSPS) is 18.0. The minimum Gasteiger partial charge on any atom is -0.493 e. The molecule has 5 nitrogen and oxygen atoms in total. The van der Waals surface area contributed by atoms with Gasteiger partial charge in [-0.2, -0.15) is 0 Å². The Kier molecular flexibility index (Phi) is 4.92. The van der Waals surface area contributed by atoms with Crippen molar-refractivity contribution in [3.8, 4) is 11.5 Å². The largest absolute Gasteiger partial charge is 0.493 e. The number of carbonyl (C=O) groups excluding carboxylic acids is 1. The summed E-state index contributed by atoms with van der Waals surface area (Å²) in [4.78, 5) is 17.8. The highest BCUT2D eigenvalue weighted by atomic mass is 16.5. The van der Waals surface area contributed by atoms with Gasteiger partial charge in [-0.25, -0.2) is 0 Å². The Bertz CT molecular complexity index is 868. The summed E-state index contributed by atoms with van der Waals surface area (Å²) < 4.78 is 10.8. The number of methoxy groups -OCH3 is 2. The minimum absolute atomic E-state index is 0.253. The Morgan fingerprint density at radius 1 is 0.929 bits per heavy atom. The van der Waals surface area contributed by atoms with Gasteiger partial charge in [0.15, 0.2) is 11.5 Å². The maximum absolute atomic E-state index is 13.4. The maximum Gasteiger partial charge on any atom is 0.233 e. The second-order valence-electron chi connectivity index (χ2n) is 7.77. The van der Waals surface area contributed by atoms with Gasteiger partial charge in [0.1, 0.15) is 0 Å². The van der Waals surface area contributed by atoms with E-state index in [1.54, 1.807) is 14.2 Å². The second-order valence-corrected chi connectivity index (χ2v) is 7.77. The zero-order valence-corrected chi connectivity index (χ0v) is 16.9. The molecule has 5 heteroatoms. The molecule has 1 amide bonds. The van der Waals surface area contributed by atoms with Gasteiger partial charge in [-0.3, -0.25) is 4.79 Å². The lowest BCUT2D eigenvalue weighted by Gasteiger charge is -2.38. The van der Waals surface area contributed by atoms with E-state index in [1.807, 2.05) is 23.1 Å². The van der Waals surface area contributed by atoms with E-state index in [9.17, 15) is 4.79 Å². The lowest BCUT2D eigenvalue weighted by Crippen LogP contribution is -2.51. The number of aryl methyl sites for hydroxylation is 1. The standard InChI is InChI=1S/C23H28N2O3/c1-17-5-4-6-19(15-17)24-11-13-25(14-12-24)22(26)23(9-10-23)18-7-8-20(27-2)21(16-18)28-3/h4-8,15-16H,9-14H2,1-3H3. The molecular formula is C23H28N2O3. The second kappa shape index (κ2) is 7.38. The number of nitrogens with zero attached hydrogens (tertiary/aromatic N) is 2. The van der Waals surface area contributed by atoms with Crippen LogP contribution in [0.3, 0.4) is 0 Å². The molecule has 2 aliphatic rings. The third-order valence-electron chi connectivity index (χ3n) is 6.03. The van der Waals surface area contributed by atoms with E-state index >= 15 is 0 Å². The Labute approximate surface area is 166 Å². The third kappa shape index (κ3) is 3.30. The molecule has 148 valence electrons. The fraction of sp³-hybridized carbons (Fsp3) is 0.435. The van der Waals surface area contributed by atoms with Crippen LogP contribution in [0.1, 0.15) is 24.0 Å². The number of benzene rings is 2. The first-order chi connectivity index (χ1) is 13.6. The molecule has 1 aliphatic carbocycles. The Morgan fingerprint density at radius 2 is 1.64 bits per heavy atom. The molecule has 0 N–H and O–H groups in total. The van der Waals surface area contributed by atoms with Crippen molar-refractivity contribution in [3.05, 3.63) is 53.6 Å². The number of rotatable bonds is 5. The summed E-state index contributed by atoms with van der Waals surface area (Å²) >= 11 is 0. The van der Waals surface area contributed by atoms with Gasteiger partial charge < -0.3 is 19.3 Å². The monoisotopic (exact) mass is 380 g/mol. The average Bonchev–Trinajstić information content (AvgIpc) is 3.55. The third-order valence-corrected chi connectivity index (χ3v) is 6.03. The first-order valence-corrected chi connectivity index (χ1v) is 9.91. The molecule has 1 heterocycles. The van der Waals surface area contributed by atoms with Gasteiger partial charge >= 0.3 is 0 Å². The summed E-state index contributed by atoms with van der Waals surface area (Å²) in [5.74, 6) is 1.63. The summed E-state index contributed by atoms with van der Waals surface area (Å²) in [6, 6.07) is 14.4. The van der Waals surface area contributed by atoms with E-state index < -0.39 is 0 Å². The van der Waals surface area contributed by atoms with E-state index in [0.29, 0.717) is 11.5 Å². The predicted octanol–water partition coefficient (Wildman–Crippen LogP) is 3.39. The molecule has 1 saturated heterocycles. The van der Waals surface area contributed by atoms with Crippen LogP contribution in [0.25, 0.3) is 0 Å². The number of anilines is 1. The van der Waals surface area contributed by atoms with Gasteiger partial charge in [0.05, 0.1) is 19.6 Å². The van der Waals surface area contributed by atoms with Crippen molar-refractivity contribution in [2.24, 2.45) is 0 Å². The molecule has 0 atom stereocenters. The summed E-state index contributed by atoms with van der Waals surface area (Å²) in [5, 5.41) is 0. The van der Waals surface area contributed by atoms with Crippen LogP contribution < -0.4 is 14.4 Å². The van der Waals surface area contributed by atoms with Gasteiger partial charge in [-0.1, -0.05) is 18.2 Å². The molecule has 1 aliphatic heterocycles. The van der Waals surface area contributed by atoms with Gasteiger partial charge in [0, 0.05) is 31.9 Å². The average molecular weight is 380 g/mol. The highest BCUT2D eigenvalue weighted by molar-refractivity contribution is 5.91. The van der Waals surface area contributed by atoms with Crippen LogP contribution in [0.5, 0.6) is 11.5 Å². The van der Waals surface area contributed by atoms with E-state index in [2.05, 4.69) is 36.1 Å². The quantitative estimate of drug-likeness (QED) is 0.797. The summed E-state index contributed by atoms with van der Waals surface area (Å²) in [5.41, 5.74) is 3.16. The van der Waals surface area contributed by atoms with Gasteiger partial charge in [-0.15, -0.1) is 0 Å². The van der Waals surface area contributed by atoms with Crippen LogP contribution in [0, 0.1) is 6.92 Å². The molecule has 0 radical (unpaired) electrons. The van der Waals surface area contributed by atoms with Crippen molar-refractivity contribution in [1.29, 1.82) is 0 Å². The van der Waals surface area contributed by atoms with E-state index in [-0.39, 0.29) is 11.3 Å². The van der Waals surface area contributed by atoms with Crippen LogP contribution in [0.15, 0.2) is 42.5 Å². The Hall–Kier alpha value is -2.69. The lowest BCUT2D eigenvalue weighted by molar-refractivity contribution is -0.134. The summed E-state index contributed by atoms with van der Waals surface area (Å²) in [7, 11) is 3.26. The van der Waals surface area contributed by atoms with Crippen molar-refractivity contribution in [2.75, 3.05) is 45.3 Å². The van der Waals surface area contributed by atoms with Gasteiger partial charge in [-0.05, 0) is 55.2 Å². The van der Waals surface area contributed by atoms with Crippen molar-refractivity contribution in [1.82, 2.24) is 4.90 Å². The van der Waals surface area contributed by atoms with E-state index in [4.69, 9.17) is 9.47 Å². The van der Waals surface area contributed by atoms with Crippen LogP contribution >= 0.6 is 0 Å². The van der Waals surface area contributed by atoms with Crippen LogP contribution in [0.4, 0.5) is 5.69 Å². The topological polar surface area (TPSA) is 42.0 Å². The number of amides is 1. The van der Waals surface area contributed by atoms with E-state index in [0.717, 1.165) is 44.6 Å². The zero-order chi connectivity index (χ0) is 19.7. The Balaban J connectivity index is 1.47. The number of piperazine rings is 1. The van der Waals surface area contributed by atoms with Crippen LogP contribution in [-0.2, 0) is 10.2 Å².